The third kappa shape index (κ3) is 3.47. The van der Waals surface area contributed by atoms with E-state index in [0.717, 1.165) is 11.4 Å². The van der Waals surface area contributed by atoms with Crippen molar-refractivity contribution < 1.29 is 8.78 Å². The molecule has 0 bridgehead atoms. The molecule has 0 aliphatic carbocycles. The summed E-state index contributed by atoms with van der Waals surface area (Å²) in [6, 6.07) is 21.7. The molecular weight excluding hydrogens is 414 g/mol. The lowest BCUT2D eigenvalue weighted by Gasteiger charge is -2.29. The van der Waals surface area contributed by atoms with Crippen LogP contribution in [0.2, 0.25) is 0 Å². The van der Waals surface area contributed by atoms with E-state index in [4.69, 9.17) is 12.2 Å². The first kappa shape index (κ1) is 19.4. The molecule has 4 nitrogen and oxygen atoms in total. The van der Waals surface area contributed by atoms with E-state index in [0.29, 0.717) is 16.5 Å². The van der Waals surface area contributed by atoms with Crippen LogP contribution < -0.4 is 10.2 Å². The van der Waals surface area contributed by atoms with Gasteiger partial charge in [-0.25, -0.2) is 8.78 Å². The normalized spacial score (nSPS) is 18.3. The van der Waals surface area contributed by atoms with Gasteiger partial charge in [-0.05, 0) is 66.8 Å². The molecule has 1 fully saturated rings. The number of rotatable bonds is 4. The van der Waals surface area contributed by atoms with Gasteiger partial charge in [-0.3, -0.25) is 4.98 Å². The van der Waals surface area contributed by atoms with Crippen LogP contribution in [0.3, 0.4) is 0 Å². The lowest BCUT2D eigenvalue weighted by Crippen LogP contribution is -2.31. The van der Waals surface area contributed by atoms with Crippen LogP contribution in [0.5, 0.6) is 0 Å². The van der Waals surface area contributed by atoms with Crippen molar-refractivity contribution >= 4 is 23.0 Å². The minimum atomic E-state index is -0.405. The first-order valence-corrected chi connectivity index (χ1v) is 10.2. The van der Waals surface area contributed by atoms with Gasteiger partial charge in [0, 0.05) is 23.8 Å². The Kier molecular flexibility index (Phi) is 4.95. The van der Waals surface area contributed by atoms with Crippen molar-refractivity contribution in [3.05, 3.63) is 114 Å². The van der Waals surface area contributed by atoms with Crippen LogP contribution in [-0.4, -0.2) is 14.7 Å². The van der Waals surface area contributed by atoms with Crippen LogP contribution in [0.4, 0.5) is 14.5 Å². The molecule has 0 saturated carbocycles. The molecule has 7 heteroatoms. The summed E-state index contributed by atoms with van der Waals surface area (Å²) < 4.78 is 30.7. The summed E-state index contributed by atoms with van der Waals surface area (Å²) in [6.07, 6.45) is 3.58. The second kappa shape index (κ2) is 7.92. The molecule has 0 spiro atoms. The molecule has 5 rings (SSSR count). The van der Waals surface area contributed by atoms with Crippen LogP contribution in [0, 0.1) is 11.6 Å². The predicted octanol–water partition coefficient (Wildman–Crippen LogP) is 5.33. The van der Waals surface area contributed by atoms with Gasteiger partial charge in [0.2, 0.25) is 0 Å². The maximum absolute atomic E-state index is 14.8. The smallest absolute Gasteiger partial charge is 0.174 e. The highest BCUT2D eigenvalue weighted by Gasteiger charge is 2.42. The van der Waals surface area contributed by atoms with E-state index in [1.807, 2.05) is 47.2 Å². The quantitative estimate of drug-likeness (QED) is 0.442. The van der Waals surface area contributed by atoms with E-state index >= 15 is 0 Å². The van der Waals surface area contributed by atoms with E-state index < -0.39 is 6.04 Å². The Morgan fingerprint density at radius 3 is 2.52 bits per heavy atom. The summed E-state index contributed by atoms with van der Waals surface area (Å²) in [4.78, 5) is 6.28. The minimum Gasteiger partial charge on any atom is -0.351 e. The van der Waals surface area contributed by atoms with E-state index in [1.165, 1.54) is 18.2 Å². The van der Waals surface area contributed by atoms with Gasteiger partial charge in [0.15, 0.2) is 5.11 Å². The van der Waals surface area contributed by atoms with Crippen molar-refractivity contribution in [2.24, 2.45) is 0 Å². The molecule has 0 radical (unpaired) electrons. The molecule has 4 aromatic rings. The summed E-state index contributed by atoms with van der Waals surface area (Å²) in [6.45, 7) is 0. The van der Waals surface area contributed by atoms with Gasteiger partial charge in [0.05, 0.1) is 17.4 Å². The van der Waals surface area contributed by atoms with Crippen molar-refractivity contribution in [3.63, 3.8) is 0 Å². The van der Waals surface area contributed by atoms with E-state index in [1.54, 1.807) is 35.4 Å². The number of hydrogen-bond donors (Lipinski definition) is 1. The zero-order valence-corrected chi connectivity index (χ0v) is 17.1. The highest BCUT2D eigenvalue weighted by atomic mass is 32.1. The third-order valence-corrected chi connectivity index (χ3v) is 5.69. The summed E-state index contributed by atoms with van der Waals surface area (Å²) in [7, 11) is 0. The lowest BCUT2D eigenvalue weighted by atomic mass is 10.0. The zero-order chi connectivity index (χ0) is 21.4. The highest BCUT2D eigenvalue weighted by Crippen LogP contribution is 2.42. The van der Waals surface area contributed by atoms with Crippen molar-refractivity contribution in [2.75, 3.05) is 4.90 Å². The van der Waals surface area contributed by atoms with Crippen molar-refractivity contribution in [1.29, 1.82) is 0 Å². The van der Waals surface area contributed by atoms with Crippen LogP contribution in [0.25, 0.3) is 5.69 Å². The second-order valence-corrected chi connectivity index (χ2v) is 7.62. The monoisotopic (exact) mass is 432 g/mol. The molecule has 2 aromatic heterocycles. The summed E-state index contributed by atoms with van der Waals surface area (Å²) in [5.74, 6) is -0.702. The highest BCUT2D eigenvalue weighted by molar-refractivity contribution is 7.80. The maximum Gasteiger partial charge on any atom is 0.174 e. The average molecular weight is 432 g/mol. The number of nitrogens with one attached hydrogen (secondary N) is 1. The van der Waals surface area contributed by atoms with Gasteiger partial charge in [0.25, 0.3) is 0 Å². The number of nitrogens with zero attached hydrogens (tertiary/aromatic N) is 3. The largest absolute Gasteiger partial charge is 0.351 e. The number of benzene rings is 2. The van der Waals surface area contributed by atoms with Crippen LogP contribution in [-0.2, 0) is 0 Å². The number of hydrogen-bond acceptors (Lipinski definition) is 2. The van der Waals surface area contributed by atoms with Gasteiger partial charge in [-0.1, -0.05) is 24.3 Å². The SMILES string of the molecule is Fc1cccc(-n2cccc2C2C(c3ccccn3)NC(=S)N2c2ccccc2F)c1. The fraction of sp³-hybridized carbons (Fsp3) is 0.0833. The predicted molar refractivity (Wildman–Crippen MR) is 120 cm³/mol. The van der Waals surface area contributed by atoms with Gasteiger partial charge >= 0.3 is 0 Å². The molecular formula is C24H18F2N4S. The zero-order valence-electron chi connectivity index (χ0n) is 16.3. The van der Waals surface area contributed by atoms with Crippen molar-refractivity contribution in [3.8, 4) is 5.69 Å². The number of pyridine rings is 1. The third-order valence-electron chi connectivity index (χ3n) is 5.38. The molecule has 2 atom stereocenters. The molecule has 1 aliphatic heterocycles. The number of para-hydroxylation sites is 1. The lowest BCUT2D eigenvalue weighted by molar-refractivity contribution is 0.541. The van der Waals surface area contributed by atoms with E-state index in [-0.39, 0.29) is 17.7 Å². The van der Waals surface area contributed by atoms with Gasteiger partial charge < -0.3 is 14.8 Å². The molecule has 31 heavy (non-hydrogen) atoms. The molecule has 154 valence electrons. The first-order chi connectivity index (χ1) is 15.1. The number of aromatic nitrogens is 2. The number of anilines is 1. The van der Waals surface area contributed by atoms with Crippen LogP contribution in [0.15, 0.2) is 91.3 Å². The standard InChI is InChI=1S/C24H18F2N4S/c25-16-7-5-8-17(15-16)29-14-6-12-21(29)23-22(19-10-3-4-13-27-19)28-24(31)30(23)20-11-2-1-9-18(20)26/h1-15,22-23H,(H,28,31). The molecule has 1 N–H and O–H groups in total. The fourth-order valence-corrected chi connectivity index (χ4v) is 4.40. The fourth-order valence-electron chi connectivity index (χ4n) is 4.06. The van der Waals surface area contributed by atoms with E-state index in [2.05, 4.69) is 10.3 Å². The topological polar surface area (TPSA) is 33.1 Å². The Labute approximate surface area is 183 Å². The van der Waals surface area contributed by atoms with E-state index in [9.17, 15) is 8.78 Å². The Balaban J connectivity index is 1.69. The minimum absolute atomic E-state index is 0.324. The summed E-state index contributed by atoms with van der Waals surface area (Å²) in [5, 5.41) is 3.72. The second-order valence-electron chi connectivity index (χ2n) is 7.23. The van der Waals surface area contributed by atoms with Crippen molar-refractivity contribution in [1.82, 2.24) is 14.9 Å². The molecule has 3 heterocycles. The Hall–Kier alpha value is -3.58. The molecule has 1 saturated heterocycles. The summed E-state index contributed by atoms with van der Waals surface area (Å²) >= 11 is 5.64. The molecule has 2 unspecified atom stereocenters. The number of halogens is 2. The van der Waals surface area contributed by atoms with Gasteiger partial charge in [-0.15, -0.1) is 0 Å². The van der Waals surface area contributed by atoms with Crippen molar-refractivity contribution in [2.45, 2.75) is 12.1 Å². The van der Waals surface area contributed by atoms with Gasteiger partial charge in [-0.2, -0.15) is 0 Å². The maximum atomic E-state index is 14.8. The summed E-state index contributed by atoms with van der Waals surface area (Å²) in [5.41, 5.74) is 2.65. The Morgan fingerprint density at radius 2 is 1.74 bits per heavy atom. The van der Waals surface area contributed by atoms with Crippen LogP contribution in [0.1, 0.15) is 23.5 Å². The number of thiocarbonyl (C=S) groups is 1. The molecule has 2 aromatic carbocycles. The molecule has 1 aliphatic rings. The van der Waals surface area contributed by atoms with Gasteiger partial charge in [0.1, 0.15) is 17.7 Å². The van der Waals surface area contributed by atoms with Crippen LogP contribution >= 0.6 is 12.2 Å². The average Bonchev–Trinajstić information content (AvgIpc) is 3.39. The Morgan fingerprint density at radius 1 is 0.903 bits per heavy atom. The first-order valence-electron chi connectivity index (χ1n) is 9.82. The Bertz CT molecular complexity index is 1240. The molecule has 0 amide bonds.